The number of pyridine rings is 2. The Kier molecular flexibility index (Phi) is 14.1. The monoisotopic (exact) mass is 751 g/mol. The van der Waals surface area contributed by atoms with Crippen molar-refractivity contribution >= 4 is 39.3 Å². The molecule has 3 aromatic heterocycles. The number of amides is 4. The number of hydrogen-bond acceptors (Lipinski definition) is 11. The number of piperazine rings is 1. The van der Waals surface area contributed by atoms with Crippen LogP contribution in [0.15, 0.2) is 54.9 Å². The summed E-state index contributed by atoms with van der Waals surface area (Å²) in [6, 6.07) is 11.8. The van der Waals surface area contributed by atoms with Crippen molar-refractivity contribution in [2.45, 2.75) is 25.4 Å². The maximum Gasteiger partial charge on any atom is 0.319 e. The summed E-state index contributed by atoms with van der Waals surface area (Å²) in [5.41, 5.74) is 2.95. The smallest absolute Gasteiger partial charge is 0.319 e. The lowest BCUT2D eigenvalue weighted by Gasteiger charge is -2.34. The van der Waals surface area contributed by atoms with Crippen LogP contribution in [0, 0.1) is 5.82 Å². The van der Waals surface area contributed by atoms with Gasteiger partial charge in [0, 0.05) is 82.6 Å². The van der Waals surface area contributed by atoms with Crippen molar-refractivity contribution < 1.29 is 37.7 Å². The third kappa shape index (κ3) is 11.8. The number of anilines is 1. The predicted octanol–water partition coefficient (Wildman–Crippen LogP) is 5.10. The SMILES string of the molecule is COCCOCCOCCOCCNC(=O)N1CCN(Cc2ccc(-c3cc4nccc(Oc5ccc(NC(=O)NC6CC6)cc5F)c4s3)nc2)CC1. The van der Waals surface area contributed by atoms with Crippen molar-refractivity contribution in [3.05, 3.63) is 66.2 Å². The fourth-order valence-electron chi connectivity index (χ4n) is 5.54. The number of thiophene rings is 1. The predicted molar refractivity (Wildman–Crippen MR) is 199 cm³/mol. The minimum Gasteiger partial charge on any atom is -0.453 e. The van der Waals surface area contributed by atoms with Gasteiger partial charge in [0.2, 0.25) is 0 Å². The van der Waals surface area contributed by atoms with Crippen molar-refractivity contribution in [3.63, 3.8) is 0 Å². The Bertz CT molecular complexity index is 1790. The normalized spacial score (nSPS) is 14.7. The molecule has 53 heavy (non-hydrogen) atoms. The van der Waals surface area contributed by atoms with Crippen LogP contribution in [-0.4, -0.2) is 124 Å². The number of aromatic nitrogens is 2. The van der Waals surface area contributed by atoms with Gasteiger partial charge in [0.1, 0.15) is 5.75 Å². The highest BCUT2D eigenvalue weighted by atomic mass is 32.1. The summed E-state index contributed by atoms with van der Waals surface area (Å²) in [6.07, 6.45) is 5.43. The van der Waals surface area contributed by atoms with Gasteiger partial charge in [-0.15, -0.1) is 11.3 Å². The minimum absolute atomic E-state index is 0.0453. The highest BCUT2D eigenvalue weighted by molar-refractivity contribution is 7.22. The molecule has 0 atom stereocenters. The fraction of sp³-hybridized carbons (Fsp3) is 0.459. The molecule has 1 aliphatic carbocycles. The highest BCUT2D eigenvalue weighted by Gasteiger charge is 2.24. The van der Waals surface area contributed by atoms with Gasteiger partial charge in [-0.1, -0.05) is 6.07 Å². The summed E-state index contributed by atoms with van der Waals surface area (Å²) in [7, 11) is 1.64. The van der Waals surface area contributed by atoms with E-state index in [1.165, 1.54) is 23.5 Å². The van der Waals surface area contributed by atoms with E-state index in [2.05, 4.69) is 31.9 Å². The second-order valence-corrected chi connectivity index (χ2v) is 13.7. The van der Waals surface area contributed by atoms with Crippen LogP contribution in [0.25, 0.3) is 20.8 Å². The van der Waals surface area contributed by atoms with Gasteiger partial charge in [-0.25, -0.2) is 14.0 Å². The topological polar surface area (TPSA) is 149 Å². The van der Waals surface area contributed by atoms with E-state index in [0.717, 1.165) is 58.8 Å². The second kappa shape index (κ2) is 19.6. The van der Waals surface area contributed by atoms with E-state index in [4.69, 9.17) is 28.7 Å². The first-order chi connectivity index (χ1) is 25.9. The number of benzene rings is 1. The van der Waals surface area contributed by atoms with Crippen LogP contribution in [0.4, 0.5) is 19.7 Å². The second-order valence-electron chi connectivity index (χ2n) is 12.6. The zero-order valence-corrected chi connectivity index (χ0v) is 30.6. The molecule has 0 bridgehead atoms. The Labute approximate surface area is 311 Å². The number of urea groups is 2. The molecule has 16 heteroatoms. The van der Waals surface area contributed by atoms with E-state index in [1.54, 1.807) is 25.4 Å². The number of nitrogens with zero attached hydrogens (tertiary/aromatic N) is 4. The Morgan fingerprint density at radius 2 is 1.64 bits per heavy atom. The number of rotatable bonds is 19. The van der Waals surface area contributed by atoms with Crippen LogP contribution < -0.4 is 20.7 Å². The Morgan fingerprint density at radius 1 is 0.887 bits per heavy atom. The molecule has 4 amide bonds. The van der Waals surface area contributed by atoms with E-state index in [0.29, 0.717) is 77.3 Å². The fourth-order valence-corrected chi connectivity index (χ4v) is 6.58. The van der Waals surface area contributed by atoms with Crippen molar-refractivity contribution in [1.29, 1.82) is 0 Å². The van der Waals surface area contributed by atoms with Crippen LogP contribution >= 0.6 is 11.3 Å². The van der Waals surface area contributed by atoms with Crippen molar-refractivity contribution in [2.75, 3.05) is 91.4 Å². The van der Waals surface area contributed by atoms with Crippen LogP contribution in [0.1, 0.15) is 18.4 Å². The van der Waals surface area contributed by atoms with E-state index < -0.39 is 5.82 Å². The van der Waals surface area contributed by atoms with Crippen LogP contribution in [0.2, 0.25) is 0 Å². The quantitative estimate of drug-likeness (QED) is 0.111. The molecule has 0 radical (unpaired) electrons. The zero-order valence-electron chi connectivity index (χ0n) is 29.8. The Morgan fingerprint density at radius 3 is 2.34 bits per heavy atom. The molecule has 1 aromatic carbocycles. The molecular formula is C37H46FN7O7S. The lowest BCUT2D eigenvalue weighted by atomic mass is 10.2. The molecule has 4 heterocycles. The third-order valence-corrected chi connectivity index (χ3v) is 9.70. The van der Waals surface area contributed by atoms with Gasteiger partial charge in [0.05, 0.1) is 67.0 Å². The number of nitrogens with one attached hydrogen (secondary N) is 3. The average Bonchev–Trinajstić information content (AvgIpc) is 3.87. The lowest BCUT2D eigenvalue weighted by molar-refractivity contribution is 0.00417. The van der Waals surface area contributed by atoms with Gasteiger partial charge in [0.15, 0.2) is 11.6 Å². The van der Waals surface area contributed by atoms with Crippen LogP contribution in [0.3, 0.4) is 0 Å². The van der Waals surface area contributed by atoms with Crippen molar-refractivity contribution in [1.82, 2.24) is 30.4 Å². The number of hydrogen-bond donors (Lipinski definition) is 3. The summed E-state index contributed by atoms with van der Waals surface area (Å²) in [5, 5.41) is 8.40. The van der Waals surface area contributed by atoms with E-state index in [1.807, 2.05) is 23.2 Å². The molecule has 6 rings (SSSR count). The maximum absolute atomic E-state index is 15.0. The molecule has 2 aliphatic rings. The largest absolute Gasteiger partial charge is 0.453 e. The molecule has 1 saturated heterocycles. The number of carbonyl (C=O) groups is 2. The molecule has 0 unspecified atom stereocenters. The summed E-state index contributed by atoms with van der Waals surface area (Å²) < 4.78 is 43.0. The average molecular weight is 752 g/mol. The number of fused-ring (bicyclic) bond motifs is 1. The van der Waals surface area contributed by atoms with Gasteiger partial charge in [-0.2, -0.15) is 0 Å². The minimum atomic E-state index is -0.589. The van der Waals surface area contributed by atoms with Gasteiger partial charge < -0.3 is 44.5 Å². The standard InChI is InChI=1S/C37H46FN7O7S/c1-48-16-17-50-20-21-51-19-18-49-15-10-40-37(47)45-13-11-44(12-14-45)25-26-2-6-30(41-24-26)34-23-31-35(53-34)33(8-9-39-31)52-32-7-5-28(22-29(32)38)43-36(46)42-27-3-4-27/h2,5-9,22-24,27H,3-4,10-21,25H2,1H3,(H,40,47)(H2,42,43,46). The molecule has 0 spiro atoms. The van der Waals surface area contributed by atoms with Crippen molar-refractivity contribution in [2.24, 2.45) is 0 Å². The maximum atomic E-state index is 15.0. The number of carbonyl (C=O) groups excluding carboxylic acids is 2. The number of halogens is 1. The summed E-state index contributed by atoms with van der Waals surface area (Å²) >= 11 is 1.47. The summed E-state index contributed by atoms with van der Waals surface area (Å²) in [5.74, 6) is -0.0647. The van der Waals surface area contributed by atoms with E-state index in [-0.39, 0.29) is 23.9 Å². The third-order valence-electron chi connectivity index (χ3n) is 8.54. The zero-order chi connectivity index (χ0) is 36.8. The molecule has 14 nitrogen and oxygen atoms in total. The first-order valence-electron chi connectivity index (χ1n) is 17.8. The van der Waals surface area contributed by atoms with Crippen molar-refractivity contribution in [3.8, 4) is 22.1 Å². The van der Waals surface area contributed by atoms with E-state index >= 15 is 0 Å². The van der Waals surface area contributed by atoms with Gasteiger partial charge in [0.25, 0.3) is 0 Å². The molecule has 284 valence electrons. The number of methoxy groups -OCH3 is 1. The van der Waals surface area contributed by atoms with Crippen LogP contribution in [0.5, 0.6) is 11.5 Å². The first-order valence-corrected chi connectivity index (χ1v) is 18.6. The Hall–Kier alpha value is -4.45. The van der Waals surface area contributed by atoms with Gasteiger partial charge in [-0.05, 0) is 42.7 Å². The molecule has 2 fully saturated rings. The van der Waals surface area contributed by atoms with E-state index in [9.17, 15) is 14.0 Å². The summed E-state index contributed by atoms with van der Waals surface area (Å²) in [6.45, 7) is 7.48. The summed E-state index contributed by atoms with van der Waals surface area (Å²) in [4.78, 5) is 38.9. The molecule has 1 saturated carbocycles. The van der Waals surface area contributed by atoms with Crippen LogP contribution in [-0.2, 0) is 25.5 Å². The molecule has 3 N–H and O–H groups in total. The Balaban J connectivity index is 0.912. The van der Waals surface area contributed by atoms with Gasteiger partial charge >= 0.3 is 12.1 Å². The van der Waals surface area contributed by atoms with Gasteiger partial charge in [-0.3, -0.25) is 14.9 Å². The molecule has 1 aliphatic heterocycles. The first kappa shape index (κ1) is 38.3. The molecular weight excluding hydrogens is 706 g/mol. The lowest BCUT2D eigenvalue weighted by Crippen LogP contribution is -2.51. The molecule has 4 aromatic rings. The number of ether oxygens (including phenoxy) is 5. The highest BCUT2D eigenvalue weighted by Crippen LogP contribution is 2.39.